The summed E-state index contributed by atoms with van der Waals surface area (Å²) in [5, 5.41) is 3.46. The van der Waals surface area contributed by atoms with Crippen molar-refractivity contribution in [2.24, 2.45) is 5.10 Å². The van der Waals surface area contributed by atoms with Crippen LogP contribution in [0.5, 0.6) is 0 Å². The lowest BCUT2D eigenvalue weighted by atomic mass is 10.3. The lowest BCUT2D eigenvalue weighted by Crippen LogP contribution is -2.22. The molecule has 1 N–H and O–H groups in total. The predicted molar refractivity (Wildman–Crippen MR) is 64.1 cm³/mol. The quantitative estimate of drug-likeness (QED) is 0.403. The van der Waals surface area contributed by atoms with Crippen molar-refractivity contribution in [1.82, 2.24) is 0 Å². The molecular formula is C11H8ClF3N2O2. The summed E-state index contributed by atoms with van der Waals surface area (Å²) in [6.45, 7) is 0. The van der Waals surface area contributed by atoms with E-state index in [-0.39, 0.29) is 10.7 Å². The molecule has 0 amide bonds. The molecule has 0 heterocycles. The number of para-hydroxylation sites is 1. The average Bonchev–Trinajstić information content (AvgIpc) is 2.34. The van der Waals surface area contributed by atoms with Crippen molar-refractivity contribution in [3.8, 4) is 0 Å². The van der Waals surface area contributed by atoms with Gasteiger partial charge in [-0.3, -0.25) is 5.43 Å². The van der Waals surface area contributed by atoms with E-state index in [1.54, 1.807) is 18.0 Å². The number of halogens is 4. The molecule has 0 spiro atoms. The Morgan fingerprint density at radius 3 is 2.58 bits per heavy atom. The molecular weight excluding hydrogens is 285 g/mol. The van der Waals surface area contributed by atoms with Crippen LogP contribution in [0.25, 0.3) is 0 Å². The summed E-state index contributed by atoms with van der Waals surface area (Å²) in [4.78, 5) is 10.9. The van der Waals surface area contributed by atoms with Crippen LogP contribution in [-0.2, 0) is 9.53 Å². The van der Waals surface area contributed by atoms with Crippen LogP contribution in [-0.4, -0.2) is 25.1 Å². The Kier molecular flexibility index (Phi) is 4.97. The highest BCUT2D eigenvalue weighted by atomic mass is 35.5. The minimum Gasteiger partial charge on any atom is -0.465 e. The van der Waals surface area contributed by atoms with Crippen LogP contribution in [0.4, 0.5) is 18.9 Å². The van der Waals surface area contributed by atoms with Gasteiger partial charge < -0.3 is 4.74 Å². The van der Waals surface area contributed by atoms with E-state index in [2.05, 4.69) is 15.3 Å². The van der Waals surface area contributed by atoms with Gasteiger partial charge in [-0.15, -0.1) is 5.10 Å². The van der Waals surface area contributed by atoms with E-state index in [0.29, 0.717) is 0 Å². The highest BCUT2D eigenvalue weighted by molar-refractivity contribution is 6.33. The second-order valence-corrected chi connectivity index (χ2v) is 3.59. The van der Waals surface area contributed by atoms with Crippen LogP contribution in [0.3, 0.4) is 0 Å². The molecule has 0 saturated carbocycles. The standard InChI is InChI=1S/C11H8ClF3N2O2/c1-19-10(18)7(11(13,14)15)6-16-17-9-5-3-2-4-8(9)12/h2-5,17H,1H3. The summed E-state index contributed by atoms with van der Waals surface area (Å²) in [5.41, 5.74) is 0.884. The van der Waals surface area contributed by atoms with Gasteiger partial charge in [0.1, 0.15) is 0 Å². The van der Waals surface area contributed by atoms with Gasteiger partial charge in [-0.25, -0.2) is 4.79 Å². The molecule has 0 aliphatic carbocycles. The number of ether oxygens (including phenoxy) is 1. The van der Waals surface area contributed by atoms with Crippen LogP contribution >= 0.6 is 11.6 Å². The topological polar surface area (TPSA) is 50.7 Å². The number of carbonyl (C=O) groups is 1. The maximum absolute atomic E-state index is 12.4. The Hall–Kier alpha value is -1.98. The summed E-state index contributed by atoms with van der Waals surface area (Å²) < 4.78 is 41.3. The van der Waals surface area contributed by atoms with Crippen molar-refractivity contribution >= 4 is 29.1 Å². The fraction of sp³-hybridized carbons (Fsp3) is 0.182. The zero-order valence-corrected chi connectivity index (χ0v) is 10.3. The van der Waals surface area contributed by atoms with Gasteiger partial charge >= 0.3 is 12.1 Å². The minimum atomic E-state index is -4.90. The summed E-state index contributed by atoms with van der Waals surface area (Å²) in [5.74, 6) is -0.0136. The Balaban J connectivity index is 3.00. The largest absolute Gasteiger partial charge is 0.465 e. The second kappa shape index (κ2) is 6.26. The van der Waals surface area contributed by atoms with Crippen LogP contribution in [0.15, 0.2) is 34.9 Å². The first-order valence-electron chi connectivity index (χ1n) is 4.85. The van der Waals surface area contributed by atoms with Crippen LogP contribution in [0.2, 0.25) is 5.02 Å². The first-order chi connectivity index (χ1) is 8.86. The maximum atomic E-state index is 12.4. The number of anilines is 1. The van der Waals surface area contributed by atoms with Crippen molar-refractivity contribution in [2.45, 2.75) is 6.18 Å². The Labute approximate surface area is 111 Å². The smallest absolute Gasteiger partial charge is 0.432 e. The summed E-state index contributed by atoms with van der Waals surface area (Å²) in [7, 11) is 0.831. The number of nitrogens with zero attached hydrogens (tertiary/aromatic N) is 1. The van der Waals surface area contributed by atoms with Crippen molar-refractivity contribution < 1.29 is 22.7 Å². The Morgan fingerprint density at radius 2 is 2.05 bits per heavy atom. The third-order valence-electron chi connectivity index (χ3n) is 1.89. The van der Waals surface area contributed by atoms with Crippen molar-refractivity contribution in [3.63, 3.8) is 0 Å². The predicted octanol–water partition coefficient (Wildman–Crippen LogP) is 3.00. The first-order valence-corrected chi connectivity index (χ1v) is 5.22. The first kappa shape index (κ1) is 15.1. The summed E-state index contributed by atoms with van der Waals surface area (Å²) >= 11 is 5.75. The van der Waals surface area contributed by atoms with Gasteiger partial charge in [0, 0.05) is 5.87 Å². The third-order valence-corrected chi connectivity index (χ3v) is 2.22. The van der Waals surface area contributed by atoms with E-state index in [1.807, 2.05) is 0 Å². The molecule has 8 heteroatoms. The molecule has 0 saturated heterocycles. The van der Waals surface area contributed by atoms with Crippen molar-refractivity contribution in [3.05, 3.63) is 34.9 Å². The number of esters is 1. The number of carbonyl (C=O) groups excluding carboxylic acids is 1. The molecule has 1 rings (SSSR count). The van der Waals surface area contributed by atoms with Gasteiger partial charge in [0.15, 0.2) is 0 Å². The monoisotopic (exact) mass is 292 g/mol. The number of alkyl halides is 3. The highest BCUT2D eigenvalue weighted by Gasteiger charge is 2.40. The van der Waals surface area contributed by atoms with E-state index in [0.717, 1.165) is 7.11 Å². The van der Waals surface area contributed by atoms with E-state index < -0.39 is 17.7 Å². The zero-order valence-electron chi connectivity index (χ0n) is 9.58. The van der Waals surface area contributed by atoms with Gasteiger partial charge in [-0.05, 0) is 12.1 Å². The molecule has 1 aromatic rings. The molecule has 4 nitrogen and oxygen atoms in total. The summed E-state index contributed by atoms with van der Waals surface area (Å²) in [6, 6.07) is 6.27. The number of benzene rings is 1. The molecule has 0 atom stereocenters. The number of nitrogens with one attached hydrogen (secondary N) is 1. The van der Waals surface area contributed by atoms with E-state index in [4.69, 9.17) is 11.6 Å². The van der Waals surface area contributed by atoms with E-state index in [1.165, 1.54) is 12.1 Å². The van der Waals surface area contributed by atoms with E-state index >= 15 is 0 Å². The van der Waals surface area contributed by atoms with Gasteiger partial charge in [0.25, 0.3) is 0 Å². The van der Waals surface area contributed by atoms with Crippen LogP contribution in [0, 0.1) is 0 Å². The number of hydrazone groups is 1. The minimum absolute atomic E-state index is 0.264. The van der Waals surface area contributed by atoms with Crippen LogP contribution in [0.1, 0.15) is 0 Å². The molecule has 0 aromatic heterocycles. The number of hydrogen-bond acceptors (Lipinski definition) is 4. The van der Waals surface area contributed by atoms with Gasteiger partial charge in [-0.2, -0.15) is 13.2 Å². The lowest BCUT2D eigenvalue weighted by Gasteiger charge is -2.05. The normalized spacial score (nSPS) is 10.4. The Bertz CT molecular complexity index is 537. The third kappa shape index (κ3) is 4.31. The Morgan fingerprint density at radius 1 is 1.42 bits per heavy atom. The summed E-state index contributed by atoms with van der Waals surface area (Å²) in [6.07, 6.45) is -4.90. The fourth-order valence-corrected chi connectivity index (χ4v) is 1.20. The van der Waals surface area contributed by atoms with Crippen LogP contribution < -0.4 is 5.43 Å². The lowest BCUT2D eigenvalue weighted by molar-refractivity contribution is -0.147. The van der Waals surface area contributed by atoms with E-state index in [9.17, 15) is 18.0 Å². The zero-order chi connectivity index (χ0) is 14.5. The van der Waals surface area contributed by atoms with Gasteiger partial charge in [-0.1, -0.05) is 23.7 Å². The molecule has 0 bridgehead atoms. The molecule has 0 fully saturated rings. The van der Waals surface area contributed by atoms with Gasteiger partial charge in [0.05, 0.1) is 17.8 Å². The van der Waals surface area contributed by atoms with Gasteiger partial charge in [0.2, 0.25) is 5.57 Å². The molecule has 19 heavy (non-hydrogen) atoms. The molecule has 0 aliphatic heterocycles. The number of methoxy groups -OCH3 is 1. The maximum Gasteiger partial charge on any atom is 0.432 e. The highest BCUT2D eigenvalue weighted by Crippen LogP contribution is 2.24. The number of hydrogen-bond donors (Lipinski definition) is 1. The molecule has 102 valence electrons. The van der Waals surface area contributed by atoms with Crippen molar-refractivity contribution in [2.75, 3.05) is 12.5 Å². The molecule has 0 aliphatic rings. The molecule has 0 radical (unpaired) electrons. The fourth-order valence-electron chi connectivity index (χ4n) is 1.02. The second-order valence-electron chi connectivity index (χ2n) is 3.18. The number of rotatable bonds is 3. The molecule has 1 aromatic carbocycles. The SMILES string of the molecule is COC(=O)C(=C=NNc1ccccc1Cl)C(F)(F)F. The average molecular weight is 293 g/mol. The molecule has 0 unspecified atom stereocenters. The van der Waals surface area contributed by atoms with Crippen molar-refractivity contribution in [1.29, 1.82) is 0 Å².